The van der Waals surface area contributed by atoms with Gasteiger partial charge in [0.05, 0.1) is 0 Å². The lowest BCUT2D eigenvalue weighted by atomic mass is 10.1. The van der Waals surface area contributed by atoms with Crippen molar-refractivity contribution in [3.63, 3.8) is 0 Å². The van der Waals surface area contributed by atoms with Crippen LogP contribution < -0.4 is 10.1 Å². The Morgan fingerprint density at radius 1 is 1.35 bits per heavy atom. The van der Waals surface area contributed by atoms with Crippen LogP contribution in [0.3, 0.4) is 0 Å². The highest BCUT2D eigenvalue weighted by atomic mass is 79.9. The minimum absolute atomic E-state index is 0.291. The molecule has 20 heavy (non-hydrogen) atoms. The molecule has 110 valence electrons. The molecule has 1 aliphatic heterocycles. The van der Waals surface area contributed by atoms with Gasteiger partial charge in [0.2, 0.25) is 0 Å². The average molecular weight is 358 g/mol. The second kappa shape index (κ2) is 8.72. The lowest BCUT2D eigenvalue weighted by molar-refractivity contribution is 0.296. The van der Waals surface area contributed by atoms with Gasteiger partial charge >= 0.3 is 0 Å². The minimum atomic E-state index is 0.291. The third kappa shape index (κ3) is 5.13. The van der Waals surface area contributed by atoms with Gasteiger partial charge in [-0.25, -0.2) is 0 Å². The maximum Gasteiger partial charge on any atom is 0.127 e. The van der Waals surface area contributed by atoms with Crippen molar-refractivity contribution in [3.8, 4) is 5.75 Å². The van der Waals surface area contributed by atoms with Gasteiger partial charge in [-0.05, 0) is 42.0 Å². The normalized spacial score (nSPS) is 13.6. The van der Waals surface area contributed by atoms with Crippen molar-refractivity contribution < 1.29 is 9.84 Å². The second-order valence-corrected chi connectivity index (χ2v) is 6.78. The molecule has 0 saturated carbocycles. The molecule has 0 saturated heterocycles. The summed E-state index contributed by atoms with van der Waals surface area (Å²) >= 11 is 5.36. The van der Waals surface area contributed by atoms with Crippen molar-refractivity contribution in [2.75, 3.05) is 37.8 Å². The lowest BCUT2D eigenvalue weighted by Crippen LogP contribution is -2.23. The predicted octanol–water partition coefficient (Wildman–Crippen LogP) is 2.93. The fourth-order valence-electron chi connectivity index (χ4n) is 1.96. The molecule has 1 aromatic carbocycles. The highest BCUT2D eigenvalue weighted by Crippen LogP contribution is 2.28. The number of thioether (sulfide) groups is 1. The number of aliphatic hydroxyl groups excluding tert-OH is 1. The number of hydrogen-bond acceptors (Lipinski definition) is 4. The van der Waals surface area contributed by atoms with Crippen LogP contribution in [0.5, 0.6) is 5.75 Å². The third-order valence-electron chi connectivity index (χ3n) is 2.97. The lowest BCUT2D eigenvalue weighted by Gasteiger charge is -2.18. The first-order valence-electron chi connectivity index (χ1n) is 6.80. The van der Waals surface area contributed by atoms with E-state index in [2.05, 4.69) is 33.4 Å². The highest BCUT2D eigenvalue weighted by Gasteiger charge is 2.11. The zero-order chi connectivity index (χ0) is 14.2. The molecule has 0 atom stereocenters. The second-order valence-electron chi connectivity index (χ2n) is 4.64. The largest absolute Gasteiger partial charge is 0.489 e. The Balaban J connectivity index is 1.72. The van der Waals surface area contributed by atoms with Gasteiger partial charge in [-0.1, -0.05) is 15.9 Å². The summed E-state index contributed by atoms with van der Waals surface area (Å²) in [7, 11) is 0. The van der Waals surface area contributed by atoms with Crippen LogP contribution in [0, 0.1) is 0 Å². The van der Waals surface area contributed by atoms with Gasteiger partial charge in [0.25, 0.3) is 0 Å². The molecule has 0 aliphatic carbocycles. The zero-order valence-corrected chi connectivity index (χ0v) is 13.8. The van der Waals surface area contributed by atoms with Crippen LogP contribution in [0.25, 0.3) is 6.08 Å². The fraction of sp³-hybridized carbons (Fsp3) is 0.467. The number of ether oxygens (including phenoxy) is 1. The number of benzene rings is 1. The summed E-state index contributed by atoms with van der Waals surface area (Å²) in [5, 5.41) is 12.1. The molecule has 0 aromatic heterocycles. The van der Waals surface area contributed by atoms with E-state index >= 15 is 0 Å². The van der Waals surface area contributed by atoms with Crippen molar-refractivity contribution in [2.45, 2.75) is 6.42 Å². The molecule has 2 rings (SSSR count). The van der Waals surface area contributed by atoms with Crippen molar-refractivity contribution in [2.24, 2.45) is 0 Å². The molecule has 0 radical (unpaired) electrons. The van der Waals surface area contributed by atoms with Crippen LogP contribution in [0.4, 0.5) is 0 Å². The monoisotopic (exact) mass is 357 g/mol. The molecule has 1 aliphatic rings. The molecule has 5 heteroatoms. The maximum absolute atomic E-state index is 8.69. The molecule has 1 aromatic rings. The molecule has 1 heterocycles. The molecule has 0 fully saturated rings. The van der Waals surface area contributed by atoms with E-state index in [4.69, 9.17) is 9.84 Å². The van der Waals surface area contributed by atoms with Gasteiger partial charge in [0, 0.05) is 35.5 Å². The first-order chi connectivity index (χ1) is 9.79. The van der Waals surface area contributed by atoms with Crippen LogP contribution in [-0.2, 0) is 0 Å². The van der Waals surface area contributed by atoms with Crippen LogP contribution in [0.2, 0.25) is 0 Å². The van der Waals surface area contributed by atoms with E-state index in [-0.39, 0.29) is 0 Å². The van der Waals surface area contributed by atoms with Crippen molar-refractivity contribution in [1.29, 1.82) is 0 Å². The van der Waals surface area contributed by atoms with Crippen molar-refractivity contribution in [3.05, 3.63) is 33.8 Å². The summed E-state index contributed by atoms with van der Waals surface area (Å²) in [6, 6.07) is 6.08. The number of hydrogen-bond donors (Lipinski definition) is 2. The van der Waals surface area contributed by atoms with E-state index in [1.165, 1.54) is 5.57 Å². The van der Waals surface area contributed by atoms with Gasteiger partial charge < -0.3 is 15.2 Å². The number of rotatable bonds is 8. The zero-order valence-electron chi connectivity index (χ0n) is 11.4. The topological polar surface area (TPSA) is 41.5 Å². The molecular weight excluding hydrogens is 338 g/mol. The Morgan fingerprint density at radius 3 is 3.10 bits per heavy atom. The molecule has 0 bridgehead atoms. The average Bonchev–Trinajstić information content (AvgIpc) is 2.46. The summed E-state index contributed by atoms with van der Waals surface area (Å²) in [5.41, 5.74) is 2.41. The first kappa shape index (κ1) is 15.9. The molecule has 0 unspecified atom stereocenters. The summed E-state index contributed by atoms with van der Waals surface area (Å²) in [6.45, 7) is 2.81. The van der Waals surface area contributed by atoms with Gasteiger partial charge in [-0.2, -0.15) is 11.8 Å². The molecule has 0 spiro atoms. The Bertz CT molecular complexity index is 465. The number of halogens is 1. The summed E-state index contributed by atoms with van der Waals surface area (Å²) in [6.07, 6.45) is 3.09. The Hall–Kier alpha value is -0.490. The first-order valence-corrected chi connectivity index (χ1v) is 8.75. The third-order valence-corrected chi connectivity index (χ3v) is 4.53. The van der Waals surface area contributed by atoms with Gasteiger partial charge in [-0.15, -0.1) is 0 Å². The van der Waals surface area contributed by atoms with E-state index in [0.29, 0.717) is 13.2 Å². The van der Waals surface area contributed by atoms with Crippen molar-refractivity contribution in [1.82, 2.24) is 5.32 Å². The van der Waals surface area contributed by atoms with Crippen molar-refractivity contribution >= 4 is 33.8 Å². The Morgan fingerprint density at radius 2 is 2.25 bits per heavy atom. The summed E-state index contributed by atoms with van der Waals surface area (Å²) < 4.78 is 6.81. The van der Waals surface area contributed by atoms with Gasteiger partial charge in [-0.3, -0.25) is 0 Å². The Labute approximate surface area is 132 Å². The van der Waals surface area contributed by atoms with Gasteiger partial charge in [0.1, 0.15) is 12.4 Å². The van der Waals surface area contributed by atoms with E-state index in [0.717, 1.165) is 46.8 Å². The molecule has 3 nitrogen and oxygen atoms in total. The quantitative estimate of drug-likeness (QED) is 0.702. The molecule has 2 N–H and O–H groups in total. The number of aliphatic hydroxyl groups is 1. The standard InChI is InChI=1S/C15H20BrNO2S/c16-14-2-3-15-13(9-14)8-12(11-19-15)10-17-4-7-20-6-1-5-18/h2-3,8-9,17-18H,1,4-7,10-11H2. The van der Waals surface area contributed by atoms with Gasteiger partial charge in [0.15, 0.2) is 0 Å². The van der Waals surface area contributed by atoms with Crippen LogP contribution in [-0.4, -0.2) is 42.9 Å². The number of nitrogens with one attached hydrogen (secondary N) is 1. The van der Waals surface area contributed by atoms with Crippen LogP contribution in [0.1, 0.15) is 12.0 Å². The van der Waals surface area contributed by atoms with E-state index in [1.807, 2.05) is 23.9 Å². The number of fused-ring (bicyclic) bond motifs is 1. The highest BCUT2D eigenvalue weighted by molar-refractivity contribution is 9.10. The molecular formula is C15H20BrNO2S. The smallest absolute Gasteiger partial charge is 0.127 e. The van der Waals surface area contributed by atoms with E-state index in [9.17, 15) is 0 Å². The summed E-state index contributed by atoms with van der Waals surface area (Å²) in [4.78, 5) is 0. The van der Waals surface area contributed by atoms with Crippen LogP contribution in [0.15, 0.2) is 28.2 Å². The maximum atomic E-state index is 8.69. The Kier molecular flexibility index (Phi) is 6.93. The minimum Gasteiger partial charge on any atom is -0.489 e. The van der Waals surface area contributed by atoms with E-state index < -0.39 is 0 Å². The predicted molar refractivity (Wildman–Crippen MR) is 89.5 cm³/mol. The molecule has 0 amide bonds. The van der Waals surface area contributed by atoms with Crippen LogP contribution >= 0.6 is 27.7 Å². The fourth-order valence-corrected chi connectivity index (χ4v) is 3.16. The summed E-state index contributed by atoms with van der Waals surface area (Å²) in [5.74, 6) is 3.07. The van der Waals surface area contributed by atoms with E-state index in [1.54, 1.807) is 0 Å². The SMILES string of the molecule is OCCCSCCNCC1=Cc2cc(Br)ccc2OC1.